The average molecular weight is 442 g/mol. The molecule has 8 heteroatoms. The van der Waals surface area contributed by atoms with Crippen molar-refractivity contribution in [3.8, 4) is 0 Å². The number of anilines is 1. The van der Waals surface area contributed by atoms with Crippen LogP contribution in [0.15, 0.2) is 47.7 Å². The lowest BCUT2D eigenvalue weighted by Gasteiger charge is -2.25. The lowest BCUT2D eigenvalue weighted by atomic mass is 9.91. The number of benzene rings is 2. The van der Waals surface area contributed by atoms with E-state index in [4.69, 9.17) is 0 Å². The quantitative estimate of drug-likeness (QED) is 0.575. The number of ketones is 1. The highest BCUT2D eigenvalue weighted by Crippen LogP contribution is 2.44. The Morgan fingerprint density at radius 3 is 2.61 bits per heavy atom. The predicted octanol–water partition coefficient (Wildman–Crippen LogP) is 5.40. The molecule has 1 aliphatic heterocycles. The summed E-state index contributed by atoms with van der Waals surface area (Å²) in [6.45, 7) is 5.64. The van der Waals surface area contributed by atoms with Crippen LogP contribution in [0.2, 0.25) is 0 Å². The van der Waals surface area contributed by atoms with E-state index in [9.17, 15) is 23.5 Å². The number of aryl methyl sites for hydroxylation is 1. The van der Waals surface area contributed by atoms with Crippen LogP contribution in [0.4, 0.5) is 13.9 Å². The van der Waals surface area contributed by atoms with Gasteiger partial charge in [0.1, 0.15) is 0 Å². The Morgan fingerprint density at radius 2 is 1.94 bits per heavy atom. The number of Topliss-reactive ketones (excluding diaryl/α,β-unsaturated/α-hetero) is 1. The van der Waals surface area contributed by atoms with Crippen molar-refractivity contribution in [3.05, 3.63) is 70.5 Å². The number of thiazole rings is 1. The van der Waals surface area contributed by atoms with Crippen molar-refractivity contribution in [1.29, 1.82) is 0 Å². The van der Waals surface area contributed by atoms with Crippen LogP contribution in [-0.4, -0.2) is 21.8 Å². The Labute approximate surface area is 181 Å². The standard InChI is InChI=1S/C23H20F2N2O3S/c1-11(2)7-17(28)19-20(13-6-4-5-12(3)8-13)27(22(30)21(19)29)23-26-16-9-14(24)15(25)10-18(16)31-23/h4-6,8-11,20,29H,7H2,1-3H3. The number of aliphatic hydroxyl groups excluding tert-OH is 1. The third kappa shape index (κ3) is 3.72. The van der Waals surface area contributed by atoms with E-state index < -0.39 is 29.3 Å². The molecule has 1 aromatic heterocycles. The van der Waals surface area contributed by atoms with Crippen molar-refractivity contribution >= 4 is 38.4 Å². The van der Waals surface area contributed by atoms with Crippen LogP contribution in [0.25, 0.3) is 10.2 Å². The molecular formula is C23H20F2N2O3S. The fourth-order valence-electron chi connectivity index (χ4n) is 3.74. The lowest BCUT2D eigenvalue weighted by molar-refractivity contribution is -0.118. The topological polar surface area (TPSA) is 70.5 Å². The van der Waals surface area contributed by atoms with Gasteiger partial charge in [0.2, 0.25) is 0 Å². The molecule has 1 unspecified atom stereocenters. The fraction of sp³-hybridized carbons (Fsp3) is 0.261. The molecule has 0 bridgehead atoms. The maximum absolute atomic E-state index is 13.7. The highest BCUT2D eigenvalue weighted by molar-refractivity contribution is 7.22. The van der Waals surface area contributed by atoms with Crippen molar-refractivity contribution in [2.24, 2.45) is 5.92 Å². The van der Waals surface area contributed by atoms with Crippen molar-refractivity contribution in [1.82, 2.24) is 4.98 Å². The molecule has 1 atom stereocenters. The molecule has 1 N–H and O–H groups in total. The summed E-state index contributed by atoms with van der Waals surface area (Å²) in [4.78, 5) is 31.6. The third-order valence-corrected chi connectivity index (χ3v) is 6.10. The molecule has 160 valence electrons. The van der Waals surface area contributed by atoms with Crippen molar-refractivity contribution in [2.75, 3.05) is 4.90 Å². The summed E-state index contributed by atoms with van der Waals surface area (Å²) < 4.78 is 27.7. The first kappa shape index (κ1) is 21.1. The summed E-state index contributed by atoms with van der Waals surface area (Å²) in [6.07, 6.45) is 0.166. The first-order chi connectivity index (χ1) is 14.7. The Morgan fingerprint density at radius 1 is 1.23 bits per heavy atom. The number of aliphatic hydroxyl groups is 1. The van der Waals surface area contributed by atoms with Gasteiger partial charge in [0.15, 0.2) is 28.3 Å². The molecule has 0 spiro atoms. The number of amides is 1. The third-order valence-electron chi connectivity index (χ3n) is 5.09. The first-order valence-corrected chi connectivity index (χ1v) is 10.6. The molecule has 2 aromatic carbocycles. The number of carbonyl (C=O) groups excluding carboxylic acids is 2. The average Bonchev–Trinajstić information content (AvgIpc) is 3.20. The zero-order chi connectivity index (χ0) is 22.4. The van der Waals surface area contributed by atoms with Gasteiger partial charge in [-0.3, -0.25) is 14.5 Å². The molecule has 1 amide bonds. The molecule has 31 heavy (non-hydrogen) atoms. The second-order valence-corrected chi connectivity index (χ2v) is 9.01. The van der Waals surface area contributed by atoms with Crippen LogP contribution < -0.4 is 4.90 Å². The van der Waals surface area contributed by atoms with E-state index >= 15 is 0 Å². The van der Waals surface area contributed by atoms with E-state index in [-0.39, 0.29) is 34.3 Å². The minimum absolute atomic E-state index is 0.0147. The Kier molecular flexibility index (Phi) is 5.35. The normalized spacial score (nSPS) is 16.8. The molecule has 2 heterocycles. The molecular weight excluding hydrogens is 422 g/mol. The summed E-state index contributed by atoms with van der Waals surface area (Å²) in [5, 5.41) is 10.8. The SMILES string of the molecule is Cc1cccc(C2C(C(=O)CC(C)C)=C(O)C(=O)N2c2nc3cc(F)c(F)cc3s2)c1. The van der Waals surface area contributed by atoms with E-state index in [1.807, 2.05) is 32.9 Å². The first-order valence-electron chi connectivity index (χ1n) is 9.79. The number of nitrogens with zero attached hydrogens (tertiary/aromatic N) is 2. The fourth-order valence-corrected chi connectivity index (χ4v) is 4.74. The van der Waals surface area contributed by atoms with Crippen LogP contribution in [0, 0.1) is 24.5 Å². The number of hydrogen-bond donors (Lipinski definition) is 1. The van der Waals surface area contributed by atoms with E-state index in [0.717, 1.165) is 29.0 Å². The van der Waals surface area contributed by atoms with Crippen LogP contribution in [0.5, 0.6) is 0 Å². The summed E-state index contributed by atoms with van der Waals surface area (Å²) in [5.74, 6) is -3.73. The van der Waals surface area contributed by atoms with Crippen LogP contribution in [-0.2, 0) is 9.59 Å². The maximum Gasteiger partial charge on any atom is 0.296 e. The monoisotopic (exact) mass is 442 g/mol. The van der Waals surface area contributed by atoms with Gasteiger partial charge in [-0.2, -0.15) is 0 Å². The van der Waals surface area contributed by atoms with Gasteiger partial charge in [0.05, 0.1) is 21.8 Å². The van der Waals surface area contributed by atoms with Crippen molar-refractivity contribution in [3.63, 3.8) is 0 Å². The molecule has 0 aliphatic carbocycles. The Hall–Kier alpha value is -3.13. The summed E-state index contributed by atoms with van der Waals surface area (Å²) in [7, 11) is 0. The number of fused-ring (bicyclic) bond motifs is 1. The van der Waals surface area contributed by atoms with Gasteiger partial charge in [0.25, 0.3) is 5.91 Å². The summed E-state index contributed by atoms with van der Waals surface area (Å²) >= 11 is 0.992. The molecule has 5 nitrogen and oxygen atoms in total. The molecule has 0 radical (unpaired) electrons. The number of halogens is 2. The molecule has 3 aromatic rings. The number of rotatable bonds is 5. The van der Waals surface area contributed by atoms with Gasteiger partial charge in [-0.15, -0.1) is 0 Å². The van der Waals surface area contributed by atoms with Crippen LogP contribution >= 0.6 is 11.3 Å². The van der Waals surface area contributed by atoms with Gasteiger partial charge in [-0.25, -0.2) is 13.8 Å². The second-order valence-electron chi connectivity index (χ2n) is 8.01. The van der Waals surface area contributed by atoms with Gasteiger partial charge in [-0.05, 0) is 24.5 Å². The maximum atomic E-state index is 13.7. The summed E-state index contributed by atoms with van der Waals surface area (Å²) in [5.41, 5.74) is 1.76. The van der Waals surface area contributed by atoms with Crippen LogP contribution in [0.3, 0.4) is 0 Å². The van der Waals surface area contributed by atoms with Gasteiger partial charge >= 0.3 is 0 Å². The molecule has 0 fully saturated rings. The number of aromatic nitrogens is 1. The lowest BCUT2D eigenvalue weighted by Crippen LogP contribution is -2.31. The highest BCUT2D eigenvalue weighted by atomic mass is 32.1. The van der Waals surface area contributed by atoms with Gasteiger partial charge in [0, 0.05) is 12.5 Å². The van der Waals surface area contributed by atoms with E-state index in [0.29, 0.717) is 10.3 Å². The van der Waals surface area contributed by atoms with E-state index in [2.05, 4.69) is 4.98 Å². The molecule has 1 aliphatic rings. The van der Waals surface area contributed by atoms with Crippen LogP contribution in [0.1, 0.15) is 37.4 Å². The zero-order valence-electron chi connectivity index (χ0n) is 17.1. The Bertz CT molecular complexity index is 1210. The molecule has 0 saturated carbocycles. The smallest absolute Gasteiger partial charge is 0.296 e. The second kappa shape index (κ2) is 7.85. The van der Waals surface area contributed by atoms with Gasteiger partial charge in [-0.1, -0.05) is 55.0 Å². The largest absolute Gasteiger partial charge is 0.503 e. The van der Waals surface area contributed by atoms with E-state index in [1.165, 1.54) is 4.90 Å². The Balaban J connectivity index is 1.88. The minimum Gasteiger partial charge on any atom is -0.503 e. The zero-order valence-corrected chi connectivity index (χ0v) is 18.0. The van der Waals surface area contributed by atoms with Crippen molar-refractivity contribution < 1.29 is 23.5 Å². The number of hydrogen-bond acceptors (Lipinski definition) is 5. The van der Waals surface area contributed by atoms with E-state index in [1.54, 1.807) is 12.1 Å². The molecule has 4 rings (SSSR count). The predicted molar refractivity (Wildman–Crippen MR) is 115 cm³/mol. The summed E-state index contributed by atoms with van der Waals surface area (Å²) in [6, 6.07) is 8.39. The van der Waals surface area contributed by atoms with Gasteiger partial charge < -0.3 is 5.11 Å². The molecule has 0 saturated heterocycles. The minimum atomic E-state index is -1.04. The number of carbonyl (C=O) groups is 2. The van der Waals surface area contributed by atoms with Crippen molar-refractivity contribution in [2.45, 2.75) is 33.2 Å². The highest BCUT2D eigenvalue weighted by Gasteiger charge is 2.45.